The topological polar surface area (TPSA) is 60.2 Å². The summed E-state index contributed by atoms with van der Waals surface area (Å²) in [6.45, 7) is 5.97. The molecule has 0 saturated carbocycles. The van der Waals surface area contributed by atoms with Gasteiger partial charge in [0.05, 0.1) is 0 Å². The molecule has 0 spiro atoms. The Morgan fingerprint density at radius 1 is 1.32 bits per heavy atom. The summed E-state index contributed by atoms with van der Waals surface area (Å²) in [5, 5.41) is 7.70. The first-order valence-corrected chi connectivity index (χ1v) is 7.28. The van der Waals surface area contributed by atoms with Crippen molar-refractivity contribution in [3.8, 4) is 5.75 Å². The van der Waals surface area contributed by atoms with Crippen LogP contribution in [0.2, 0.25) is 0 Å². The molecule has 1 atom stereocenters. The zero-order valence-corrected chi connectivity index (χ0v) is 13.6. The van der Waals surface area contributed by atoms with E-state index >= 15 is 0 Å². The van der Waals surface area contributed by atoms with Crippen molar-refractivity contribution in [2.24, 2.45) is 7.05 Å². The number of likely N-dealkylation sites (N-methyl/N-ethyl adjacent to an activating group) is 1. The number of benzene rings is 1. The molecule has 0 aliphatic heterocycles. The molecule has 1 aromatic heterocycles. The first-order valence-electron chi connectivity index (χ1n) is 7.28. The SMILES string of the molecule is CC(Oc1cccc(C(C)C)c1)C(=O)N(C)c1nncn1C. The molecule has 22 heavy (non-hydrogen) atoms. The molecular weight excluding hydrogens is 280 g/mol. The second-order valence-electron chi connectivity index (χ2n) is 5.63. The van der Waals surface area contributed by atoms with E-state index in [2.05, 4.69) is 30.1 Å². The predicted molar refractivity (Wildman–Crippen MR) is 85.0 cm³/mol. The lowest BCUT2D eigenvalue weighted by atomic mass is 10.0. The van der Waals surface area contributed by atoms with E-state index in [1.807, 2.05) is 18.2 Å². The Morgan fingerprint density at radius 3 is 2.64 bits per heavy atom. The lowest BCUT2D eigenvalue weighted by Crippen LogP contribution is -2.39. The fourth-order valence-electron chi connectivity index (χ4n) is 2.15. The number of ether oxygens (including phenoxy) is 1. The number of aromatic nitrogens is 3. The molecule has 1 heterocycles. The Kier molecular flexibility index (Phi) is 4.80. The molecular formula is C16H22N4O2. The molecule has 2 aromatic rings. The summed E-state index contributed by atoms with van der Waals surface area (Å²) in [7, 11) is 3.45. The molecule has 1 amide bonds. The fraction of sp³-hybridized carbons (Fsp3) is 0.438. The molecule has 1 aromatic carbocycles. The van der Waals surface area contributed by atoms with Crippen molar-refractivity contribution < 1.29 is 9.53 Å². The minimum absolute atomic E-state index is 0.175. The third-order valence-electron chi connectivity index (χ3n) is 3.50. The van der Waals surface area contributed by atoms with Gasteiger partial charge in [0, 0.05) is 14.1 Å². The Bertz CT molecular complexity index is 651. The van der Waals surface area contributed by atoms with Gasteiger partial charge < -0.3 is 9.30 Å². The van der Waals surface area contributed by atoms with Crippen molar-refractivity contribution in [1.82, 2.24) is 14.8 Å². The minimum atomic E-state index is -0.607. The summed E-state index contributed by atoms with van der Waals surface area (Å²) in [5.41, 5.74) is 1.18. The van der Waals surface area contributed by atoms with Crippen molar-refractivity contribution in [3.63, 3.8) is 0 Å². The highest BCUT2D eigenvalue weighted by Gasteiger charge is 2.23. The van der Waals surface area contributed by atoms with Crippen molar-refractivity contribution in [1.29, 1.82) is 0 Å². The lowest BCUT2D eigenvalue weighted by Gasteiger charge is -2.21. The van der Waals surface area contributed by atoms with Crippen LogP contribution in [0.4, 0.5) is 5.95 Å². The average Bonchev–Trinajstić information content (AvgIpc) is 2.92. The maximum Gasteiger partial charge on any atom is 0.269 e. The van der Waals surface area contributed by atoms with Crippen molar-refractivity contribution >= 4 is 11.9 Å². The van der Waals surface area contributed by atoms with Crippen LogP contribution in [0.15, 0.2) is 30.6 Å². The Labute approximate surface area is 130 Å². The molecule has 0 saturated heterocycles. The van der Waals surface area contributed by atoms with Gasteiger partial charge in [-0.15, -0.1) is 10.2 Å². The number of nitrogens with zero attached hydrogens (tertiary/aromatic N) is 4. The van der Waals surface area contributed by atoms with E-state index in [1.165, 1.54) is 10.5 Å². The molecule has 6 nitrogen and oxygen atoms in total. The van der Waals surface area contributed by atoms with E-state index in [0.717, 1.165) is 0 Å². The minimum Gasteiger partial charge on any atom is -0.481 e. The number of aryl methyl sites for hydroxylation is 1. The molecule has 0 aliphatic carbocycles. The fourth-order valence-corrected chi connectivity index (χ4v) is 2.15. The van der Waals surface area contributed by atoms with E-state index in [4.69, 9.17) is 4.74 Å². The lowest BCUT2D eigenvalue weighted by molar-refractivity contribution is -0.124. The second kappa shape index (κ2) is 6.60. The predicted octanol–water partition coefficient (Wildman–Crippen LogP) is 2.37. The summed E-state index contributed by atoms with van der Waals surface area (Å²) in [6, 6.07) is 7.82. The number of amides is 1. The Hall–Kier alpha value is -2.37. The van der Waals surface area contributed by atoms with Crippen LogP contribution in [0.5, 0.6) is 5.75 Å². The van der Waals surface area contributed by atoms with E-state index in [9.17, 15) is 4.79 Å². The third kappa shape index (κ3) is 3.44. The number of rotatable bonds is 5. The molecule has 0 N–H and O–H groups in total. The number of carbonyl (C=O) groups excluding carboxylic acids is 1. The first kappa shape index (κ1) is 16.0. The molecule has 0 radical (unpaired) electrons. The summed E-state index contributed by atoms with van der Waals surface area (Å²) in [6.07, 6.45) is 0.945. The zero-order chi connectivity index (χ0) is 16.3. The van der Waals surface area contributed by atoms with E-state index in [-0.39, 0.29) is 5.91 Å². The molecule has 2 rings (SSSR count). The second-order valence-corrected chi connectivity index (χ2v) is 5.63. The van der Waals surface area contributed by atoms with Crippen LogP contribution in [0.25, 0.3) is 0 Å². The zero-order valence-electron chi connectivity index (χ0n) is 13.6. The molecule has 0 fully saturated rings. The van der Waals surface area contributed by atoms with Crippen molar-refractivity contribution in [2.75, 3.05) is 11.9 Å². The van der Waals surface area contributed by atoms with Gasteiger partial charge in [-0.25, -0.2) is 0 Å². The molecule has 0 bridgehead atoms. The van der Waals surface area contributed by atoms with Crippen LogP contribution in [0, 0.1) is 0 Å². The van der Waals surface area contributed by atoms with Gasteiger partial charge in [0.25, 0.3) is 5.91 Å². The molecule has 0 aliphatic rings. The number of anilines is 1. The highest BCUT2D eigenvalue weighted by Crippen LogP contribution is 2.21. The van der Waals surface area contributed by atoms with Crippen LogP contribution in [-0.2, 0) is 11.8 Å². The average molecular weight is 302 g/mol. The monoisotopic (exact) mass is 302 g/mol. The van der Waals surface area contributed by atoms with E-state index in [1.54, 1.807) is 31.9 Å². The van der Waals surface area contributed by atoms with Crippen LogP contribution >= 0.6 is 0 Å². The highest BCUT2D eigenvalue weighted by molar-refractivity contribution is 5.94. The normalized spacial score (nSPS) is 12.3. The summed E-state index contributed by atoms with van der Waals surface area (Å²) >= 11 is 0. The summed E-state index contributed by atoms with van der Waals surface area (Å²) in [5.74, 6) is 1.41. The number of hydrogen-bond donors (Lipinski definition) is 0. The maximum atomic E-state index is 12.4. The molecule has 118 valence electrons. The number of hydrogen-bond acceptors (Lipinski definition) is 4. The van der Waals surface area contributed by atoms with Gasteiger partial charge in [0.2, 0.25) is 5.95 Å². The van der Waals surface area contributed by atoms with E-state index < -0.39 is 6.10 Å². The maximum absolute atomic E-state index is 12.4. The first-order chi connectivity index (χ1) is 10.4. The van der Waals surface area contributed by atoms with Gasteiger partial charge in [-0.05, 0) is 30.5 Å². The van der Waals surface area contributed by atoms with Crippen LogP contribution in [0.1, 0.15) is 32.3 Å². The van der Waals surface area contributed by atoms with Gasteiger partial charge >= 0.3 is 0 Å². The van der Waals surface area contributed by atoms with Crippen LogP contribution in [-0.4, -0.2) is 33.8 Å². The molecule has 6 heteroatoms. The van der Waals surface area contributed by atoms with Gasteiger partial charge in [0.15, 0.2) is 6.10 Å². The Morgan fingerprint density at radius 2 is 2.05 bits per heavy atom. The third-order valence-corrected chi connectivity index (χ3v) is 3.50. The summed E-state index contributed by atoms with van der Waals surface area (Å²) < 4.78 is 7.46. The van der Waals surface area contributed by atoms with E-state index in [0.29, 0.717) is 17.6 Å². The van der Waals surface area contributed by atoms with Crippen molar-refractivity contribution in [2.45, 2.75) is 32.8 Å². The standard InChI is InChI=1S/C16H22N4O2/c1-11(2)13-7-6-8-14(9-13)22-12(3)15(21)20(5)16-18-17-10-19(16)4/h6-12H,1-5H3. The van der Waals surface area contributed by atoms with Crippen LogP contribution in [0.3, 0.4) is 0 Å². The van der Waals surface area contributed by atoms with Gasteiger partial charge in [-0.3, -0.25) is 9.69 Å². The van der Waals surface area contributed by atoms with Gasteiger partial charge in [0.1, 0.15) is 12.1 Å². The van der Waals surface area contributed by atoms with Gasteiger partial charge in [-0.2, -0.15) is 0 Å². The summed E-state index contributed by atoms with van der Waals surface area (Å²) in [4.78, 5) is 13.9. The number of carbonyl (C=O) groups is 1. The van der Waals surface area contributed by atoms with Crippen molar-refractivity contribution in [3.05, 3.63) is 36.2 Å². The van der Waals surface area contributed by atoms with Gasteiger partial charge in [-0.1, -0.05) is 26.0 Å². The quantitative estimate of drug-likeness (QED) is 0.850. The Balaban J connectivity index is 2.08. The largest absolute Gasteiger partial charge is 0.481 e. The molecule has 1 unspecified atom stereocenters. The highest BCUT2D eigenvalue weighted by atomic mass is 16.5. The van der Waals surface area contributed by atoms with Crippen LogP contribution < -0.4 is 9.64 Å². The smallest absolute Gasteiger partial charge is 0.269 e.